The molecule has 1 unspecified atom stereocenters. The maximum absolute atomic E-state index is 13.0. The summed E-state index contributed by atoms with van der Waals surface area (Å²) < 4.78 is 45.0. The van der Waals surface area contributed by atoms with Gasteiger partial charge < -0.3 is 9.64 Å². The highest BCUT2D eigenvalue weighted by Gasteiger charge is 2.34. The van der Waals surface area contributed by atoms with Gasteiger partial charge in [0.2, 0.25) is 0 Å². The molecule has 7 heteroatoms. The van der Waals surface area contributed by atoms with Crippen molar-refractivity contribution in [1.29, 1.82) is 0 Å². The molecular weight excluding hydrogens is 411 g/mol. The van der Waals surface area contributed by atoms with Gasteiger partial charge in [0, 0.05) is 17.9 Å². The zero-order valence-electron chi connectivity index (χ0n) is 15.8. The van der Waals surface area contributed by atoms with Crippen molar-refractivity contribution in [3.05, 3.63) is 95.6 Å². The van der Waals surface area contributed by atoms with Crippen molar-refractivity contribution in [2.75, 3.05) is 12.3 Å². The molecular formula is C23H18F3NO2S. The molecule has 1 fully saturated rings. The van der Waals surface area contributed by atoms with Crippen LogP contribution in [0.15, 0.2) is 78.9 Å². The summed E-state index contributed by atoms with van der Waals surface area (Å²) >= 11 is 1.58. The number of rotatable bonds is 4. The summed E-state index contributed by atoms with van der Waals surface area (Å²) in [4.78, 5) is 14.6. The predicted molar refractivity (Wildman–Crippen MR) is 111 cm³/mol. The number of alkyl halides is 3. The van der Waals surface area contributed by atoms with E-state index in [1.165, 1.54) is 12.1 Å². The molecule has 0 aromatic heterocycles. The van der Waals surface area contributed by atoms with Gasteiger partial charge >= 0.3 is 6.18 Å². The molecule has 1 saturated heterocycles. The lowest BCUT2D eigenvalue weighted by Gasteiger charge is -2.25. The monoisotopic (exact) mass is 429 g/mol. The number of ether oxygens (including phenoxy) is 1. The standard InChI is InChI=1S/C23H18F3NO2S/c24-23(25,26)18-8-4-6-16(14-18)21(28)27-12-13-30-22(27)17-7-5-11-20(15-17)29-19-9-2-1-3-10-19/h1-11,14-15,22H,12-13H2. The number of hydrogen-bond donors (Lipinski definition) is 0. The smallest absolute Gasteiger partial charge is 0.416 e. The second kappa shape index (κ2) is 8.44. The number of carbonyl (C=O) groups excluding carboxylic acids is 1. The molecule has 0 N–H and O–H groups in total. The Morgan fingerprint density at radius 3 is 2.43 bits per heavy atom. The van der Waals surface area contributed by atoms with Crippen molar-refractivity contribution in [1.82, 2.24) is 4.90 Å². The van der Waals surface area contributed by atoms with Crippen molar-refractivity contribution >= 4 is 17.7 Å². The summed E-state index contributed by atoms with van der Waals surface area (Å²) in [6.07, 6.45) is -4.49. The van der Waals surface area contributed by atoms with Crippen LogP contribution in [0.25, 0.3) is 0 Å². The number of para-hydroxylation sites is 1. The Morgan fingerprint density at radius 2 is 1.67 bits per heavy atom. The summed E-state index contributed by atoms with van der Waals surface area (Å²) in [5.74, 6) is 1.63. The topological polar surface area (TPSA) is 29.5 Å². The number of nitrogens with zero attached hydrogens (tertiary/aromatic N) is 1. The van der Waals surface area contributed by atoms with Gasteiger partial charge in [-0.1, -0.05) is 36.4 Å². The fourth-order valence-electron chi connectivity index (χ4n) is 3.30. The molecule has 3 aromatic carbocycles. The fourth-order valence-corrected chi connectivity index (χ4v) is 4.55. The third-order valence-electron chi connectivity index (χ3n) is 4.71. The van der Waals surface area contributed by atoms with Crippen LogP contribution in [-0.4, -0.2) is 23.1 Å². The summed E-state index contributed by atoms with van der Waals surface area (Å²) in [6.45, 7) is 0.466. The van der Waals surface area contributed by atoms with Gasteiger partial charge in [-0.15, -0.1) is 11.8 Å². The minimum Gasteiger partial charge on any atom is -0.457 e. The third kappa shape index (κ3) is 4.46. The Labute approximate surface area is 176 Å². The lowest BCUT2D eigenvalue weighted by molar-refractivity contribution is -0.137. The van der Waals surface area contributed by atoms with Crippen LogP contribution >= 0.6 is 11.8 Å². The van der Waals surface area contributed by atoms with E-state index in [1.807, 2.05) is 54.6 Å². The highest BCUT2D eigenvalue weighted by atomic mass is 32.2. The van der Waals surface area contributed by atoms with Gasteiger partial charge in [-0.05, 0) is 48.0 Å². The van der Waals surface area contributed by atoms with Gasteiger partial charge in [0.05, 0.1) is 5.56 Å². The van der Waals surface area contributed by atoms with Crippen LogP contribution in [0, 0.1) is 0 Å². The summed E-state index contributed by atoms with van der Waals surface area (Å²) in [6, 6.07) is 21.4. The first kappa shape index (κ1) is 20.3. The molecule has 3 nitrogen and oxygen atoms in total. The molecule has 1 heterocycles. The van der Waals surface area contributed by atoms with Crippen LogP contribution in [0.3, 0.4) is 0 Å². The Hall–Kier alpha value is -2.93. The fraction of sp³-hybridized carbons (Fsp3) is 0.174. The number of benzene rings is 3. The summed E-state index contributed by atoms with van der Waals surface area (Å²) in [5, 5.41) is -0.286. The second-order valence-corrected chi connectivity index (χ2v) is 7.98. The maximum Gasteiger partial charge on any atom is 0.416 e. The van der Waals surface area contributed by atoms with E-state index in [1.54, 1.807) is 16.7 Å². The minimum absolute atomic E-state index is 0.0361. The first-order valence-electron chi connectivity index (χ1n) is 9.34. The quantitative estimate of drug-likeness (QED) is 0.482. The van der Waals surface area contributed by atoms with Crippen molar-refractivity contribution in [3.8, 4) is 11.5 Å². The van der Waals surface area contributed by atoms with Crippen LogP contribution in [0.1, 0.15) is 26.9 Å². The van der Waals surface area contributed by atoms with E-state index < -0.39 is 17.6 Å². The van der Waals surface area contributed by atoms with Gasteiger partial charge in [-0.25, -0.2) is 0 Å². The highest BCUT2D eigenvalue weighted by Crippen LogP contribution is 2.40. The molecule has 0 spiro atoms. The molecule has 1 aliphatic rings. The predicted octanol–water partition coefficient (Wildman–Crippen LogP) is 6.39. The highest BCUT2D eigenvalue weighted by molar-refractivity contribution is 7.99. The molecule has 0 saturated carbocycles. The van der Waals surface area contributed by atoms with Crippen molar-refractivity contribution in [2.45, 2.75) is 11.6 Å². The zero-order valence-corrected chi connectivity index (χ0v) is 16.6. The van der Waals surface area contributed by atoms with Gasteiger partial charge in [-0.3, -0.25) is 4.79 Å². The summed E-state index contributed by atoms with van der Waals surface area (Å²) in [7, 11) is 0. The van der Waals surface area contributed by atoms with E-state index in [-0.39, 0.29) is 10.9 Å². The molecule has 1 atom stereocenters. The molecule has 0 aliphatic carbocycles. The van der Waals surface area contributed by atoms with Gasteiger partial charge in [0.15, 0.2) is 0 Å². The summed E-state index contributed by atoms with van der Waals surface area (Å²) in [5.41, 5.74) is 0.0790. The average molecular weight is 429 g/mol. The molecule has 4 rings (SSSR count). The number of amides is 1. The van der Waals surface area contributed by atoms with Gasteiger partial charge in [0.25, 0.3) is 5.91 Å². The van der Waals surface area contributed by atoms with Crippen LogP contribution in [-0.2, 0) is 6.18 Å². The zero-order chi connectivity index (χ0) is 21.1. The lowest BCUT2D eigenvalue weighted by atomic mass is 10.1. The van der Waals surface area contributed by atoms with E-state index in [0.29, 0.717) is 23.8 Å². The second-order valence-electron chi connectivity index (χ2n) is 6.79. The van der Waals surface area contributed by atoms with Crippen molar-refractivity contribution in [2.24, 2.45) is 0 Å². The maximum atomic E-state index is 13.0. The Balaban J connectivity index is 1.57. The largest absolute Gasteiger partial charge is 0.457 e. The third-order valence-corrected chi connectivity index (χ3v) is 5.97. The van der Waals surface area contributed by atoms with Gasteiger partial charge in [0.1, 0.15) is 16.9 Å². The number of carbonyl (C=O) groups is 1. The number of thioether (sulfide) groups is 1. The van der Waals surface area contributed by atoms with Crippen molar-refractivity contribution in [3.63, 3.8) is 0 Å². The van der Waals surface area contributed by atoms with Crippen LogP contribution < -0.4 is 4.74 Å². The lowest BCUT2D eigenvalue weighted by Crippen LogP contribution is -2.30. The molecule has 154 valence electrons. The number of halogens is 3. The van der Waals surface area contributed by atoms with Gasteiger partial charge in [-0.2, -0.15) is 13.2 Å². The normalized spacial score (nSPS) is 16.5. The molecule has 0 bridgehead atoms. The number of hydrogen-bond acceptors (Lipinski definition) is 3. The van der Waals surface area contributed by atoms with E-state index in [9.17, 15) is 18.0 Å². The Bertz CT molecular complexity index is 1040. The molecule has 30 heavy (non-hydrogen) atoms. The Morgan fingerprint density at radius 1 is 0.933 bits per heavy atom. The average Bonchev–Trinajstić information content (AvgIpc) is 3.24. The van der Waals surface area contributed by atoms with E-state index in [4.69, 9.17) is 4.74 Å². The first-order valence-corrected chi connectivity index (χ1v) is 10.4. The minimum atomic E-state index is -4.49. The SMILES string of the molecule is O=C(c1cccc(C(F)(F)F)c1)N1CCSC1c1cccc(Oc2ccccc2)c1. The first-order chi connectivity index (χ1) is 14.4. The molecule has 3 aromatic rings. The molecule has 1 amide bonds. The Kier molecular flexibility index (Phi) is 5.72. The van der Waals surface area contributed by atoms with E-state index >= 15 is 0 Å². The van der Waals surface area contributed by atoms with Crippen molar-refractivity contribution < 1.29 is 22.7 Å². The molecule has 0 radical (unpaired) electrons. The van der Waals surface area contributed by atoms with E-state index in [0.717, 1.165) is 17.7 Å². The van der Waals surface area contributed by atoms with Crippen LogP contribution in [0.2, 0.25) is 0 Å². The van der Waals surface area contributed by atoms with Crippen LogP contribution in [0.5, 0.6) is 11.5 Å². The molecule has 1 aliphatic heterocycles. The van der Waals surface area contributed by atoms with E-state index in [2.05, 4.69) is 0 Å². The van der Waals surface area contributed by atoms with Crippen LogP contribution in [0.4, 0.5) is 13.2 Å².